The van der Waals surface area contributed by atoms with Crippen molar-refractivity contribution in [1.82, 2.24) is 18.8 Å². The van der Waals surface area contributed by atoms with Crippen molar-refractivity contribution in [3.8, 4) is 0 Å². The number of imidazole rings is 2. The lowest BCUT2D eigenvalue weighted by atomic mass is 9.86. The highest BCUT2D eigenvalue weighted by atomic mass is 19.1. The van der Waals surface area contributed by atoms with Gasteiger partial charge in [-0.1, -0.05) is 24.3 Å². The maximum Gasteiger partial charge on any atom is 0.264 e. The van der Waals surface area contributed by atoms with Gasteiger partial charge in [0.1, 0.15) is 34.6 Å². The first-order valence-corrected chi connectivity index (χ1v) is 17.2. The van der Waals surface area contributed by atoms with E-state index in [0.29, 0.717) is 54.9 Å². The van der Waals surface area contributed by atoms with Gasteiger partial charge in [0.2, 0.25) is 0 Å². The topological polar surface area (TPSA) is 68.7 Å². The lowest BCUT2D eigenvalue weighted by molar-refractivity contribution is 0.618. The quantitative estimate of drug-likeness (QED) is 0.0894. The zero-order valence-electron chi connectivity index (χ0n) is 27.4. The predicted octanol–water partition coefficient (Wildman–Crippen LogP) is 10.1. The number of rotatable bonds is 0. The van der Waals surface area contributed by atoms with Crippen molar-refractivity contribution in [2.45, 2.75) is 0 Å². The zero-order valence-corrected chi connectivity index (χ0v) is 27.4. The summed E-state index contributed by atoms with van der Waals surface area (Å²) in [5.74, 6) is -2.35. The minimum Gasteiger partial charge on any atom is -0.268 e. The summed E-state index contributed by atoms with van der Waals surface area (Å²) in [5, 5.41) is 9.30. The zero-order chi connectivity index (χ0) is 36.0. The number of nitrogens with zero attached hydrogens (tertiary/aromatic N) is 4. The molecule has 13 rings (SSSR count). The summed E-state index contributed by atoms with van der Waals surface area (Å²) in [7, 11) is 0. The molecule has 13 aromatic rings. The minimum absolute atomic E-state index is 0.0657. The molecule has 10 heteroatoms. The van der Waals surface area contributed by atoms with Gasteiger partial charge in [-0.25, -0.2) is 27.5 Å². The van der Waals surface area contributed by atoms with Crippen molar-refractivity contribution in [3.05, 3.63) is 141 Å². The molecule has 4 aromatic heterocycles. The molecule has 0 bridgehead atoms. The molecule has 54 heavy (non-hydrogen) atoms. The fraction of sp³-hybridized carbons (Fsp3) is 0. The Morgan fingerprint density at radius 1 is 0.352 bits per heavy atom. The molecule has 0 saturated carbocycles. The van der Waals surface area contributed by atoms with Crippen LogP contribution in [0.2, 0.25) is 0 Å². The molecule has 0 aliphatic carbocycles. The molecule has 0 radical (unpaired) electrons. The summed E-state index contributed by atoms with van der Waals surface area (Å²) in [4.78, 5) is 38.4. The van der Waals surface area contributed by atoms with Crippen molar-refractivity contribution in [3.63, 3.8) is 0 Å². The summed E-state index contributed by atoms with van der Waals surface area (Å²) in [5.41, 5.74) is 1.63. The van der Waals surface area contributed by atoms with Crippen molar-refractivity contribution in [1.29, 1.82) is 0 Å². The van der Waals surface area contributed by atoms with Crippen LogP contribution in [0, 0.1) is 23.3 Å². The van der Waals surface area contributed by atoms with Gasteiger partial charge in [0, 0.05) is 53.9 Å². The van der Waals surface area contributed by atoms with Crippen LogP contribution < -0.4 is 11.1 Å². The number of hydrogen-bond acceptors (Lipinski definition) is 4. The van der Waals surface area contributed by atoms with Gasteiger partial charge in [-0.15, -0.1) is 0 Å². The van der Waals surface area contributed by atoms with E-state index in [1.165, 1.54) is 33.1 Å². The molecular weight excluding hydrogens is 693 g/mol. The molecule has 0 spiro atoms. The van der Waals surface area contributed by atoms with Crippen LogP contribution in [-0.4, -0.2) is 18.8 Å². The molecule has 4 heterocycles. The standard InChI is InChI=1S/C44H16F4N4O2/c45-29-9-11-31(47)27-15-35-33(13-25(27)29)49-41-21-5-1-17-19-3-7-24-40-22(6-2-18(38(19)40)20-4-8-23(39(21)37(17)20)43(53)51(35)41)42-50-34-14-26-28(32(48)12-10-30(26)46)16-36(34)52(42)44(24)54/h1-16H. The van der Waals surface area contributed by atoms with Gasteiger partial charge in [-0.3, -0.25) is 18.4 Å². The third-order valence-electron chi connectivity index (χ3n) is 11.6. The van der Waals surface area contributed by atoms with Gasteiger partial charge in [0.25, 0.3) is 11.1 Å². The average molecular weight is 709 g/mol. The monoisotopic (exact) mass is 708 g/mol. The maximum atomic E-state index is 14.9. The Bertz CT molecular complexity index is 3780. The lowest BCUT2D eigenvalue weighted by Gasteiger charge is -2.18. The minimum atomic E-state index is -0.594. The first-order chi connectivity index (χ1) is 26.3. The Balaban J connectivity index is 1.18. The molecule has 0 aliphatic heterocycles. The number of aromatic nitrogens is 4. The molecule has 252 valence electrons. The number of hydrogen-bond donors (Lipinski definition) is 0. The molecule has 6 nitrogen and oxygen atoms in total. The summed E-state index contributed by atoms with van der Waals surface area (Å²) in [6.45, 7) is 0. The number of fused-ring (bicyclic) bond motifs is 12. The van der Waals surface area contributed by atoms with Gasteiger partial charge in [0.15, 0.2) is 0 Å². The molecule has 0 N–H and O–H groups in total. The van der Waals surface area contributed by atoms with Gasteiger partial charge >= 0.3 is 0 Å². The fourth-order valence-corrected chi connectivity index (χ4v) is 9.32. The molecule has 0 unspecified atom stereocenters. The molecule has 0 atom stereocenters. The van der Waals surface area contributed by atoms with Crippen molar-refractivity contribution in [2.24, 2.45) is 0 Å². The van der Waals surface area contributed by atoms with Crippen LogP contribution in [0.15, 0.2) is 107 Å². The normalized spacial score (nSPS) is 13.0. The molecule has 0 amide bonds. The predicted molar refractivity (Wildman–Crippen MR) is 205 cm³/mol. The molecule has 0 aliphatic rings. The van der Waals surface area contributed by atoms with E-state index in [-0.39, 0.29) is 32.7 Å². The van der Waals surface area contributed by atoms with Crippen molar-refractivity contribution >= 4 is 120 Å². The van der Waals surface area contributed by atoms with Crippen LogP contribution >= 0.6 is 0 Å². The van der Waals surface area contributed by atoms with Crippen molar-refractivity contribution < 1.29 is 17.6 Å². The van der Waals surface area contributed by atoms with Crippen LogP contribution in [0.5, 0.6) is 0 Å². The van der Waals surface area contributed by atoms with E-state index in [9.17, 15) is 27.2 Å². The van der Waals surface area contributed by atoms with E-state index in [4.69, 9.17) is 9.97 Å². The van der Waals surface area contributed by atoms with Gasteiger partial charge in [0.05, 0.1) is 22.1 Å². The molecule has 0 saturated heterocycles. The van der Waals surface area contributed by atoms with Gasteiger partial charge in [-0.2, -0.15) is 0 Å². The van der Waals surface area contributed by atoms with Crippen LogP contribution in [0.3, 0.4) is 0 Å². The van der Waals surface area contributed by atoms with Crippen LogP contribution in [-0.2, 0) is 0 Å². The second kappa shape index (κ2) is 9.05. The maximum absolute atomic E-state index is 14.9. The molecule has 0 fully saturated rings. The highest BCUT2D eigenvalue weighted by Gasteiger charge is 2.25. The van der Waals surface area contributed by atoms with Crippen LogP contribution in [0.25, 0.3) is 120 Å². The average Bonchev–Trinajstić information content (AvgIpc) is 3.76. The number of halogens is 4. The summed E-state index contributed by atoms with van der Waals surface area (Å²) in [6.07, 6.45) is 0. The van der Waals surface area contributed by atoms with E-state index in [1.54, 1.807) is 12.1 Å². The first-order valence-electron chi connectivity index (χ1n) is 17.2. The Hall–Kier alpha value is -7.20. The smallest absolute Gasteiger partial charge is 0.264 e. The van der Waals surface area contributed by atoms with Gasteiger partial charge in [-0.05, 0) is 105 Å². The van der Waals surface area contributed by atoms with E-state index in [1.807, 2.05) is 36.4 Å². The Labute approximate surface area is 296 Å². The number of pyridine rings is 2. The Morgan fingerprint density at radius 2 is 0.648 bits per heavy atom. The molecule has 9 aromatic carbocycles. The van der Waals surface area contributed by atoms with E-state index in [2.05, 4.69) is 0 Å². The van der Waals surface area contributed by atoms with E-state index in [0.717, 1.165) is 67.4 Å². The second-order valence-electron chi connectivity index (χ2n) is 14.1. The van der Waals surface area contributed by atoms with E-state index >= 15 is 0 Å². The molecular formula is C44H16F4N4O2. The third-order valence-corrected chi connectivity index (χ3v) is 11.6. The first kappa shape index (κ1) is 28.4. The van der Waals surface area contributed by atoms with Crippen LogP contribution in [0.1, 0.15) is 0 Å². The highest BCUT2D eigenvalue weighted by Crippen LogP contribution is 2.46. The second-order valence-corrected chi connectivity index (χ2v) is 14.1. The fourth-order valence-electron chi connectivity index (χ4n) is 9.32. The summed E-state index contributed by atoms with van der Waals surface area (Å²) >= 11 is 0. The van der Waals surface area contributed by atoms with Crippen molar-refractivity contribution in [2.75, 3.05) is 0 Å². The van der Waals surface area contributed by atoms with Crippen LogP contribution in [0.4, 0.5) is 17.6 Å². The highest BCUT2D eigenvalue weighted by molar-refractivity contribution is 6.40. The van der Waals surface area contributed by atoms with E-state index < -0.39 is 23.3 Å². The summed E-state index contributed by atoms with van der Waals surface area (Å²) < 4.78 is 62.3. The number of benzene rings is 9. The lowest BCUT2D eigenvalue weighted by Crippen LogP contribution is -2.14. The SMILES string of the molecule is O=c1c2ccc3c4ccc5c6c(ccc(c7ccc(c2c37)c2nc3cc7c(F)ccc(F)c7cc3n12)c46)c(=O)n1c2cc3c(F)ccc(F)c3cc2nc51. The Morgan fingerprint density at radius 3 is 1.02 bits per heavy atom. The largest absolute Gasteiger partial charge is 0.268 e. The third kappa shape index (κ3) is 3.09. The summed E-state index contributed by atoms with van der Waals surface area (Å²) in [6, 6.07) is 25.5. The van der Waals surface area contributed by atoms with Gasteiger partial charge < -0.3 is 0 Å². The Kier molecular flexibility index (Phi) is 4.76.